The second kappa shape index (κ2) is 7.39. The number of hydrogen-bond acceptors (Lipinski definition) is 2. The molecule has 0 bridgehead atoms. The number of aryl methyl sites for hydroxylation is 1. The molecular formula is C22H22FNO. The highest BCUT2D eigenvalue weighted by Gasteiger charge is 2.15. The Morgan fingerprint density at radius 3 is 2.40 bits per heavy atom. The van der Waals surface area contributed by atoms with E-state index in [1.807, 2.05) is 56.4 Å². The summed E-state index contributed by atoms with van der Waals surface area (Å²) in [7, 11) is 3.63. The van der Waals surface area contributed by atoms with Gasteiger partial charge in [0, 0.05) is 24.8 Å². The SMILES string of the molecule is COc1ccc(-c2c(F)cccc2N(C)Cc2ccccc2)cc1C. The van der Waals surface area contributed by atoms with Crippen molar-refractivity contribution in [2.24, 2.45) is 0 Å². The highest BCUT2D eigenvalue weighted by molar-refractivity contribution is 5.80. The maximum absolute atomic E-state index is 14.7. The maximum Gasteiger partial charge on any atom is 0.133 e. The van der Waals surface area contributed by atoms with Gasteiger partial charge in [-0.2, -0.15) is 0 Å². The van der Waals surface area contributed by atoms with Gasteiger partial charge in [0.25, 0.3) is 0 Å². The fraction of sp³-hybridized carbons (Fsp3) is 0.182. The van der Waals surface area contributed by atoms with Crippen LogP contribution in [0.4, 0.5) is 10.1 Å². The van der Waals surface area contributed by atoms with E-state index in [1.54, 1.807) is 13.2 Å². The Balaban J connectivity index is 2.01. The van der Waals surface area contributed by atoms with Crippen molar-refractivity contribution in [1.82, 2.24) is 0 Å². The third kappa shape index (κ3) is 3.66. The van der Waals surface area contributed by atoms with Crippen molar-refractivity contribution < 1.29 is 9.13 Å². The van der Waals surface area contributed by atoms with Gasteiger partial charge in [0.15, 0.2) is 0 Å². The standard InChI is InChI=1S/C22H22FNO/c1-16-14-18(12-13-21(16)25-3)22-19(23)10-7-11-20(22)24(2)15-17-8-5-4-6-9-17/h4-14H,15H2,1-3H3. The maximum atomic E-state index is 14.7. The van der Waals surface area contributed by atoms with E-state index in [2.05, 4.69) is 17.0 Å². The van der Waals surface area contributed by atoms with Crippen LogP contribution in [0.15, 0.2) is 66.7 Å². The summed E-state index contributed by atoms with van der Waals surface area (Å²) in [6.45, 7) is 2.68. The number of hydrogen-bond donors (Lipinski definition) is 0. The van der Waals surface area contributed by atoms with Crippen LogP contribution < -0.4 is 9.64 Å². The number of nitrogens with zero attached hydrogens (tertiary/aromatic N) is 1. The fourth-order valence-electron chi connectivity index (χ4n) is 3.09. The smallest absolute Gasteiger partial charge is 0.133 e. The molecule has 0 aliphatic carbocycles. The van der Waals surface area contributed by atoms with Crippen LogP contribution in [0.3, 0.4) is 0 Å². The van der Waals surface area contributed by atoms with E-state index in [0.29, 0.717) is 12.1 Å². The lowest BCUT2D eigenvalue weighted by molar-refractivity contribution is 0.412. The van der Waals surface area contributed by atoms with E-state index in [-0.39, 0.29) is 5.82 Å². The molecule has 25 heavy (non-hydrogen) atoms. The molecule has 3 heteroatoms. The van der Waals surface area contributed by atoms with Gasteiger partial charge in [0.05, 0.1) is 7.11 Å². The molecule has 0 spiro atoms. The Bertz CT molecular complexity index is 861. The minimum atomic E-state index is -0.220. The van der Waals surface area contributed by atoms with Crippen LogP contribution in [-0.2, 0) is 6.54 Å². The topological polar surface area (TPSA) is 12.5 Å². The summed E-state index contributed by atoms with van der Waals surface area (Å²) in [5.41, 5.74) is 4.51. The number of halogens is 1. The number of rotatable bonds is 5. The fourth-order valence-corrected chi connectivity index (χ4v) is 3.09. The van der Waals surface area contributed by atoms with E-state index < -0.39 is 0 Å². The Morgan fingerprint density at radius 2 is 1.72 bits per heavy atom. The Kier molecular flexibility index (Phi) is 5.03. The second-order valence-corrected chi connectivity index (χ2v) is 6.16. The normalized spacial score (nSPS) is 10.6. The van der Waals surface area contributed by atoms with Crippen molar-refractivity contribution in [1.29, 1.82) is 0 Å². The summed E-state index contributed by atoms with van der Waals surface area (Å²) in [5, 5.41) is 0. The molecular weight excluding hydrogens is 313 g/mol. The van der Waals surface area contributed by atoms with Crippen molar-refractivity contribution in [3.63, 3.8) is 0 Å². The second-order valence-electron chi connectivity index (χ2n) is 6.16. The summed E-state index contributed by atoms with van der Waals surface area (Å²) >= 11 is 0. The van der Waals surface area contributed by atoms with Gasteiger partial charge in [-0.05, 0) is 47.9 Å². The number of anilines is 1. The Hall–Kier alpha value is -2.81. The lowest BCUT2D eigenvalue weighted by atomic mass is 9.99. The number of benzene rings is 3. The van der Waals surface area contributed by atoms with Crippen molar-refractivity contribution in [3.05, 3.63) is 83.7 Å². The van der Waals surface area contributed by atoms with E-state index in [0.717, 1.165) is 22.6 Å². The van der Waals surface area contributed by atoms with Crippen molar-refractivity contribution in [2.45, 2.75) is 13.5 Å². The van der Waals surface area contributed by atoms with Crippen LogP contribution in [0.5, 0.6) is 5.75 Å². The van der Waals surface area contributed by atoms with Crippen LogP contribution in [0.1, 0.15) is 11.1 Å². The quantitative estimate of drug-likeness (QED) is 0.615. The van der Waals surface area contributed by atoms with Crippen molar-refractivity contribution in [3.8, 4) is 16.9 Å². The Morgan fingerprint density at radius 1 is 0.960 bits per heavy atom. The van der Waals surface area contributed by atoms with Crippen LogP contribution in [0.25, 0.3) is 11.1 Å². The molecule has 128 valence electrons. The molecule has 0 amide bonds. The highest BCUT2D eigenvalue weighted by Crippen LogP contribution is 2.35. The van der Waals surface area contributed by atoms with Crippen LogP contribution in [0.2, 0.25) is 0 Å². The molecule has 0 radical (unpaired) electrons. The van der Waals surface area contributed by atoms with Crippen molar-refractivity contribution in [2.75, 3.05) is 19.1 Å². The van der Waals surface area contributed by atoms with Gasteiger partial charge in [0.1, 0.15) is 11.6 Å². The van der Waals surface area contributed by atoms with E-state index >= 15 is 0 Å². The third-order valence-corrected chi connectivity index (χ3v) is 4.35. The summed E-state index contributed by atoms with van der Waals surface area (Å²) in [5.74, 6) is 0.584. The zero-order valence-corrected chi connectivity index (χ0v) is 14.8. The van der Waals surface area contributed by atoms with Gasteiger partial charge in [-0.1, -0.05) is 42.5 Å². The largest absolute Gasteiger partial charge is 0.496 e. The number of methoxy groups -OCH3 is 1. The van der Waals surface area contributed by atoms with E-state index in [4.69, 9.17) is 4.74 Å². The lowest BCUT2D eigenvalue weighted by Crippen LogP contribution is -2.17. The molecule has 3 aromatic carbocycles. The van der Waals surface area contributed by atoms with Gasteiger partial charge in [-0.15, -0.1) is 0 Å². The van der Waals surface area contributed by atoms with Gasteiger partial charge in [0.2, 0.25) is 0 Å². The molecule has 0 aliphatic rings. The predicted octanol–water partition coefficient (Wildman–Crippen LogP) is 5.45. The molecule has 2 nitrogen and oxygen atoms in total. The molecule has 3 aromatic rings. The molecule has 0 unspecified atom stereocenters. The summed E-state index contributed by atoms with van der Waals surface area (Å²) in [4.78, 5) is 2.08. The first kappa shape index (κ1) is 17.0. The first-order chi connectivity index (χ1) is 12.1. The van der Waals surface area contributed by atoms with Gasteiger partial charge in [-0.25, -0.2) is 4.39 Å². The average molecular weight is 335 g/mol. The molecule has 0 saturated carbocycles. The van der Waals surface area contributed by atoms with Gasteiger partial charge < -0.3 is 9.64 Å². The monoisotopic (exact) mass is 335 g/mol. The summed E-state index contributed by atoms with van der Waals surface area (Å²) in [6, 6.07) is 21.2. The predicted molar refractivity (Wildman–Crippen MR) is 102 cm³/mol. The molecule has 3 rings (SSSR count). The number of ether oxygens (including phenoxy) is 1. The molecule has 0 saturated heterocycles. The van der Waals surface area contributed by atoms with E-state index in [9.17, 15) is 4.39 Å². The molecule has 0 aliphatic heterocycles. The van der Waals surface area contributed by atoms with Gasteiger partial charge in [-0.3, -0.25) is 0 Å². The summed E-state index contributed by atoms with van der Waals surface area (Å²) < 4.78 is 20.0. The van der Waals surface area contributed by atoms with Crippen molar-refractivity contribution >= 4 is 5.69 Å². The van der Waals surface area contributed by atoms with Crippen LogP contribution >= 0.6 is 0 Å². The average Bonchev–Trinajstić information content (AvgIpc) is 2.62. The zero-order valence-electron chi connectivity index (χ0n) is 14.8. The third-order valence-electron chi connectivity index (χ3n) is 4.35. The van der Waals surface area contributed by atoms with E-state index in [1.165, 1.54) is 11.6 Å². The molecule has 0 fully saturated rings. The lowest BCUT2D eigenvalue weighted by Gasteiger charge is -2.23. The molecule has 0 N–H and O–H groups in total. The molecule has 0 atom stereocenters. The zero-order chi connectivity index (χ0) is 17.8. The van der Waals surface area contributed by atoms with Crippen LogP contribution in [-0.4, -0.2) is 14.2 Å². The first-order valence-corrected chi connectivity index (χ1v) is 8.28. The Labute approximate surface area is 148 Å². The minimum Gasteiger partial charge on any atom is -0.496 e. The van der Waals surface area contributed by atoms with Crippen LogP contribution in [0, 0.1) is 12.7 Å². The minimum absolute atomic E-state index is 0.220. The molecule has 0 heterocycles. The first-order valence-electron chi connectivity index (χ1n) is 8.28. The highest BCUT2D eigenvalue weighted by atomic mass is 19.1. The molecule has 0 aromatic heterocycles. The summed E-state index contributed by atoms with van der Waals surface area (Å²) in [6.07, 6.45) is 0. The van der Waals surface area contributed by atoms with Gasteiger partial charge >= 0.3 is 0 Å².